The summed E-state index contributed by atoms with van der Waals surface area (Å²) < 4.78 is 52.8. The first-order chi connectivity index (χ1) is 63.0. The number of pyridine rings is 6. The van der Waals surface area contributed by atoms with E-state index in [4.69, 9.17) is 0 Å². The highest BCUT2D eigenvalue weighted by Crippen LogP contribution is 2.35. The van der Waals surface area contributed by atoms with Gasteiger partial charge in [-0.2, -0.15) is 13.2 Å². The highest BCUT2D eigenvalue weighted by atomic mass is 19.4. The predicted molar refractivity (Wildman–Crippen MR) is 511 cm³/mol. The second-order valence-electron chi connectivity index (χ2n) is 30.6. The zero-order valence-electron chi connectivity index (χ0n) is 72.6. The molecule has 6 N–H and O–H groups in total. The molecule has 6 heterocycles. The first-order valence-electron chi connectivity index (χ1n) is 41.4. The SMILES string of the molecule is Cc1ccc(C(=O)Nc2cccc3ccc(C)nc23)cc1.Cc1ccc2cccc(NC(=O)c3ccccc3C(F)(F)F)c2n1.Cc1ccc2cccc(NC(=O)c3ccccc3F)c2n1.Cc1ccc2cccc(NC(=O)c3ccccc3[N+](=O)[O-])c2n1.Cc1cccc(C(=O)Nc2cccc3ccc(C)nc23)c1.Cc1cccc(C(=O)Nc2cccc3ccc(C)nc23)c1. The fourth-order valence-corrected chi connectivity index (χ4v) is 13.9. The maximum absolute atomic E-state index is 13.6. The van der Waals surface area contributed by atoms with Gasteiger partial charge in [-0.25, -0.2) is 4.39 Å². The minimum Gasteiger partial charge on any atom is -0.320 e. The molecule has 0 saturated carbocycles. The quantitative estimate of drug-likeness (QED) is 0.0355. The Labute approximate surface area is 751 Å². The molecule has 652 valence electrons. The summed E-state index contributed by atoms with van der Waals surface area (Å²) in [4.78, 5) is 111. The molecule has 25 heteroatoms. The molecule has 0 radical (unpaired) electrons. The van der Waals surface area contributed by atoms with Gasteiger partial charge in [0.15, 0.2) is 0 Å². The van der Waals surface area contributed by atoms with Crippen molar-refractivity contribution >= 4 is 141 Å². The lowest BCUT2D eigenvalue weighted by molar-refractivity contribution is -0.385. The van der Waals surface area contributed by atoms with E-state index in [1.807, 2.05) is 280 Å². The molecular formula is C106H87F4N13O8. The van der Waals surface area contributed by atoms with E-state index in [2.05, 4.69) is 61.8 Å². The summed E-state index contributed by atoms with van der Waals surface area (Å²) in [5.41, 5.74) is 16.9. The Hall–Kier alpha value is -17.0. The number of carbonyl (C=O) groups is 6. The topological polar surface area (TPSA) is 295 Å². The normalized spacial score (nSPS) is 10.7. The number of fused-ring (bicyclic) bond motifs is 6. The second kappa shape index (κ2) is 41.9. The number of nitrogens with zero attached hydrogens (tertiary/aromatic N) is 7. The number of rotatable bonds is 13. The molecule has 0 fully saturated rings. The molecule has 0 aliphatic heterocycles. The number of nitrogens with one attached hydrogen (secondary N) is 6. The van der Waals surface area contributed by atoms with Gasteiger partial charge < -0.3 is 31.9 Å². The summed E-state index contributed by atoms with van der Waals surface area (Å²) in [5.74, 6) is -2.73. The van der Waals surface area contributed by atoms with E-state index >= 15 is 0 Å². The molecular weight excluding hydrogens is 1660 g/mol. The molecule has 18 aromatic rings. The van der Waals surface area contributed by atoms with Crippen LogP contribution in [0, 0.1) is 78.2 Å². The average molecular weight is 1750 g/mol. The van der Waals surface area contributed by atoms with Crippen molar-refractivity contribution in [1.82, 2.24) is 29.9 Å². The number of nitro groups is 1. The standard InChI is InChI=1S/C18H13F3N2O.3C18H16N2O.C17H13FN2O.C17H13N3O3/c1-11-9-10-12-5-4-8-15(16(12)22-11)23-17(24)13-6-2-3-7-14(13)18(19,20)21;2*1-12-5-3-7-15(11-12)18(21)20-16-8-4-6-14-10-9-13(2)19-17(14)16;1-12-6-9-15(10-7-12)18(21)20-16-5-3-4-14-11-8-13(2)19-17(14)16;1-11-9-10-12-5-4-8-15(16(12)19-11)20-17(21)13-6-2-3-7-14(13)18;1-11-9-10-12-5-4-7-14(16(12)18-11)19-17(21)13-6-2-3-8-15(13)20(22)23/h2-10H,1H3,(H,23,24);3*3-11H,1-2H3,(H,20,21);2-10H,1H3,(H,20,21);2-10H,1H3,(H,19,21). The maximum atomic E-state index is 13.6. The Morgan fingerprint density at radius 1 is 0.267 bits per heavy atom. The number of para-hydroxylation sites is 7. The van der Waals surface area contributed by atoms with Gasteiger partial charge in [0.05, 0.1) is 88.8 Å². The van der Waals surface area contributed by atoms with Crippen molar-refractivity contribution in [3.63, 3.8) is 0 Å². The van der Waals surface area contributed by atoms with Gasteiger partial charge in [0.25, 0.3) is 41.1 Å². The van der Waals surface area contributed by atoms with Crippen molar-refractivity contribution < 1.29 is 51.3 Å². The molecule has 0 aliphatic carbocycles. The summed E-state index contributed by atoms with van der Waals surface area (Å²) in [6.45, 7) is 17.3. The lowest BCUT2D eigenvalue weighted by Gasteiger charge is -2.13. The molecule has 21 nitrogen and oxygen atoms in total. The molecule has 0 bridgehead atoms. The van der Waals surface area contributed by atoms with Crippen LogP contribution in [-0.4, -0.2) is 70.3 Å². The van der Waals surface area contributed by atoms with E-state index in [9.17, 15) is 56.4 Å². The zero-order valence-corrected chi connectivity index (χ0v) is 72.6. The van der Waals surface area contributed by atoms with Gasteiger partial charge in [0.2, 0.25) is 0 Å². The van der Waals surface area contributed by atoms with Crippen LogP contribution in [0.1, 0.15) is 119 Å². The van der Waals surface area contributed by atoms with Crippen molar-refractivity contribution in [2.75, 3.05) is 31.9 Å². The Morgan fingerprint density at radius 2 is 0.534 bits per heavy atom. The van der Waals surface area contributed by atoms with Crippen LogP contribution >= 0.6 is 0 Å². The first kappa shape index (κ1) is 91.7. The summed E-state index contributed by atoms with van der Waals surface area (Å²) in [7, 11) is 0. The van der Waals surface area contributed by atoms with E-state index in [0.717, 1.165) is 129 Å². The molecule has 131 heavy (non-hydrogen) atoms. The number of aromatic nitrogens is 6. The maximum Gasteiger partial charge on any atom is 0.417 e. The van der Waals surface area contributed by atoms with Crippen LogP contribution in [0.2, 0.25) is 0 Å². The third-order valence-electron chi connectivity index (χ3n) is 20.5. The minimum atomic E-state index is -4.60. The van der Waals surface area contributed by atoms with Gasteiger partial charge in [-0.1, -0.05) is 199 Å². The largest absolute Gasteiger partial charge is 0.417 e. The lowest BCUT2D eigenvalue weighted by Crippen LogP contribution is -2.18. The third kappa shape index (κ3) is 23.8. The fraction of sp³-hybridized carbons (Fsp3) is 0.0943. The number of benzene rings is 12. The second-order valence-corrected chi connectivity index (χ2v) is 30.6. The van der Waals surface area contributed by atoms with Gasteiger partial charge in [-0.05, 0) is 202 Å². The molecule has 0 atom stereocenters. The van der Waals surface area contributed by atoms with Crippen molar-refractivity contribution in [3.05, 3.63) is 433 Å². The number of aryl methyl sites for hydroxylation is 9. The van der Waals surface area contributed by atoms with Crippen molar-refractivity contribution in [2.45, 2.75) is 68.5 Å². The van der Waals surface area contributed by atoms with E-state index in [1.165, 1.54) is 42.5 Å². The van der Waals surface area contributed by atoms with Gasteiger partial charge >= 0.3 is 6.18 Å². The predicted octanol–water partition coefficient (Wildman–Crippen LogP) is 24.8. The Balaban J connectivity index is 0.000000134. The van der Waals surface area contributed by atoms with Gasteiger partial charge in [-0.15, -0.1) is 0 Å². The van der Waals surface area contributed by atoms with Crippen molar-refractivity contribution in [3.8, 4) is 0 Å². The van der Waals surface area contributed by atoms with Crippen LogP contribution in [0.4, 0.5) is 57.4 Å². The number of hydrogen-bond acceptors (Lipinski definition) is 14. The average Bonchev–Trinajstić information content (AvgIpc) is 0.801. The Morgan fingerprint density at radius 3 is 0.847 bits per heavy atom. The van der Waals surface area contributed by atoms with Crippen LogP contribution in [0.25, 0.3) is 65.4 Å². The van der Waals surface area contributed by atoms with Gasteiger partial charge in [-0.3, -0.25) is 68.8 Å². The summed E-state index contributed by atoms with van der Waals surface area (Å²) in [6, 6.07) is 95.7. The molecule has 0 spiro atoms. The third-order valence-corrected chi connectivity index (χ3v) is 20.5. The lowest BCUT2D eigenvalue weighted by atomic mass is 10.1. The summed E-state index contributed by atoms with van der Waals surface area (Å²) in [5, 5.41) is 33.5. The zero-order chi connectivity index (χ0) is 93.0. The van der Waals surface area contributed by atoms with Crippen LogP contribution in [0.3, 0.4) is 0 Å². The molecule has 0 saturated heterocycles. The number of carbonyl (C=O) groups excluding carboxylic acids is 6. The highest BCUT2D eigenvalue weighted by Gasteiger charge is 2.35. The number of alkyl halides is 3. The number of nitro benzene ring substituents is 1. The Bertz CT molecular complexity index is 7240. The molecule has 6 amide bonds. The molecule has 12 aromatic carbocycles. The molecule has 0 aliphatic rings. The summed E-state index contributed by atoms with van der Waals surface area (Å²) in [6.07, 6.45) is -4.60. The van der Waals surface area contributed by atoms with Crippen molar-refractivity contribution in [2.24, 2.45) is 0 Å². The fourth-order valence-electron chi connectivity index (χ4n) is 13.9. The van der Waals surface area contributed by atoms with Crippen LogP contribution in [-0.2, 0) is 6.18 Å². The number of anilines is 6. The van der Waals surface area contributed by atoms with E-state index in [0.29, 0.717) is 50.3 Å². The van der Waals surface area contributed by atoms with Crippen LogP contribution in [0.15, 0.2) is 328 Å². The van der Waals surface area contributed by atoms with Crippen LogP contribution in [0.5, 0.6) is 0 Å². The number of amides is 6. The molecule has 6 aromatic heterocycles. The molecule has 0 unspecified atom stereocenters. The van der Waals surface area contributed by atoms with Crippen molar-refractivity contribution in [1.29, 1.82) is 0 Å². The van der Waals surface area contributed by atoms with Crippen LogP contribution < -0.4 is 31.9 Å². The Kier molecular flexibility index (Phi) is 29.3. The van der Waals surface area contributed by atoms with E-state index < -0.39 is 45.8 Å². The minimum absolute atomic E-state index is 0.0159. The monoisotopic (exact) mass is 1750 g/mol. The van der Waals surface area contributed by atoms with E-state index in [-0.39, 0.29) is 34.5 Å². The highest BCUT2D eigenvalue weighted by molar-refractivity contribution is 6.14. The molecule has 18 rings (SSSR count). The number of hydrogen-bond donors (Lipinski definition) is 6. The van der Waals surface area contributed by atoms with Gasteiger partial charge in [0.1, 0.15) is 11.4 Å². The smallest absolute Gasteiger partial charge is 0.320 e. The number of halogens is 4. The van der Waals surface area contributed by atoms with Gasteiger partial charge in [0, 0.05) is 89.2 Å². The first-order valence-corrected chi connectivity index (χ1v) is 41.4. The summed E-state index contributed by atoms with van der Waals surface area (Å²) >= 11 is 0. The van der Waals surface area contributed by atoms with E-state index in [1.54, 1.807) is 55.5 Å².